The van der Waals surface area contributed by atoms with E-state index in [9.17, 15) is 4.79 Å². The molecule has 1 fully saturated rings. The predicted molar refractivity (Wildman–Crippen MR) is 72.0 cm³/mol. The van der Waals surface area contributed by atoms with Crippen LogP contribution in [0.4, 0.5) is 5.69 Å². The third kappa shape index (κ3) is 2.70. The van der Waals surface area contributed by atoms with Crippen molar-refractivity contribution in [2.24, 2.45) is 17.1 Å². The van der Waals surface area contributed by atoms with Crippen molar-refractivity contribution in [3.8, 4) is 0 Å². The summed E-state index contributed by atoms with van der Waals surface area (Å²) in [5.74, 6) is 0.751. The van der Waals surface area contributed by atoms with Crippen LogP contribution in [-0.2, 0) is 4.79 Å². The van der Waals surface area contributed by atoms with Crippen LogP contribution < -0.4 is 11.1 Å². The van der Waals surface area contributed by atoms with Crippen LogP contribution in [0.3, 0.4) is 0 Å². The third-order valence-corrected chi connectivity index (χ3v) is 4.02. The zero-order valence-corrected chi connectivity index (χ0v) is 10.9. The first-order chi connectivity index (χ1) is 8.66. The van der Waals surface area contributed by atoms with Gasteiger partial charge < -0.3 is 11.1 Å². The van der Waals surface area contributed by atoms with Gasteiger partial charge in [0.05, 0.1) is 17.3 Å². The largest absolute Gasteiger partial charge is 0.329 e. The average Bonchev–Trinajstić information content (AvgIpc) is 2.41. The van der Waals surface area contributed by atoms with Gasteiger partial charge in [0.15, 0.2) is 0 Å². The highest BCUT2D eigenvalue weighted by Crippen LogP contribution is 2.38. The number of anilines is 1. The average molecular weight is 247 g/mol. The van der Waals surface area contributed by atoms with Gasteiger partial charge >= 0.3 is 0 Å². The van der Waals surface area contributed by atoms with Crippen molar-refractivity contribution in [1.29, 1.82) is 0 Å². The summed E-state index contributed by atoms with van der Waals surface area (Å²) >= 11 is 0. The summed E-state index contributed by atoms with van der Waals surface area (Å²) in [6.07, 6.45) is 7.28. The van der Waals surface area contributed by atoms with Gasteiger partial charge in [-0.1, -0.05) is 6.92 Å². The summed E-state index contributed by atoms with van der Waals surface area (Å²) in [6, 6.07) is 3.66. The van der Waals surface area contributed by atoms with Crippen LogP contribution in [0.15, 0.2) is 24.5 Å². The molecular formula is C14H21N3O. The van der Waals surface area contributed by atoms with Crippen LogP contribution in [0.2, 0.25) is 0 Å². The van der Waals surface area contributed by atoms with Gasteiger partial charge in [-0.25, -0.2) is 0 Å². The Kier molecular flexibility index (Phi) is 3.97. The first kappa shape index (κ1) is 13.0. The number of carbonyl (C=O) groups excluding carboxylic acids is 1. The molecule has 1 aromatic heterocycles. The number of amides is 1. The molecule has 0 bridgehead atoms. The number of carbonyl (C=O) groups is 1. The van der Waals surface area contributed by atoms with Crippen LogP contribution in [-0.4, -0.2) is 17.4 Å². The second-order valence-corrected chi connectivity index (χ2v) is 5.36. The molecule has 1 aliphatic carbocycles. The fraction of sp³-hybridized carbons (Fsp3) is 0.571. The van der Waals surface area contributed by atoms with Crippen molar-refractivity contribution in [1.82, 2.24) is 4.98 Å². The van der Waals surface area contributed by atoms with Crippen molar-refractivity contribution < 1.29 is 4.79 Å². The maximum Gasteiger partial charge on any atom is 0.231 e. The van der Waals surface area contributed by atoms with E-state index in [1.165, 1.54) is 0 Å². The Morgan fingerprint density at radius 1 is 1.56 bits per heavy atom. The van der Waals surface area contributed by atoms with Crippen molar-refractivity contribution in [3.05, 3.63) is 24.5 Å². The molecule has 0 atom stereocenters. The number of hydrogen-bond donors (Lipinski definition) is 2. The maximum absolute atomic E-state index is 12.4. The van der Waals surface area contributed by atoms with Gasteiger partial charge in [0.25, 0.3) is 0 Å². The van der Waals surface area contributed by atoms with E-state index >= 15 is 0 Å². The van der Waals surface area contributed by atoms with E-state index in [0.29, 0.717) is 12.5 Å². The summed E-state index contributed by atoms with van der Waals surface area (Å²) in [5.41, 5.74) is 6.22. The molecule has 4 heteroatoms. The Bertz CT molecular complexity index is 397. The molecule has 1 saturated carbocycles. The smallest absolute Gasteiger partial charge is 0.231 e. The standard InChI is InChI=1S/C14H21N3O/c1-11-4-6-14(10-15,7-5-11)13(18)17-12-3-2-8-16-9-12/h2-3,8-9,11H,4-7,10,15H2,1H3,(H,17,18). The molecule has 0 aliphatic heterocycles. The van der Waals surface area contributed by atoms with Crippen LogP contribution >= 0.6 is 0 Å². The first-order valence-electron chi connectivity index (χ1n) is 6.58. The summed E-state index contributed by atoms with van der Waals surface area (Å²) in [5, 5.41) is 2.94. The molecule has 1 aliphatic rings. The van der Waals surface area contributed by atoms with Crippen LogP contribution in [0.25, 0.3) is 0 Å². The second-order valence-electron chi connectivity index (χ2n) is 5.36. The van der Waals surface area contributed by atoms with E-state index in [-0.39, 0.29) is 11.3 Å². The van der Waals surface area contributed by atoms with E-state index in [1.807, 2.05) is 12.1 Å². The van der Waals surface area contributed by atoms with Gasteiger partial charge in [-0.3, -0.25) is 9.78 Å². The lowest BCUT2D eigenvalue weighted by molar-refractivity contribution is -0.127. The molecule has 1 aromatic rings. The van der Waals surface area contributed by atoms with Gasteiger partial charge in [-0.2, -0.15) is 0 Å². The van der Waals surface area contributed by atoms with Crippen LogP contribution in [0, 0.1) is 11.3 Å². The quantitative estimate of drug-likeness (QED) is 0.860. The fourth-order valence-electron chi connectivity index (χ4n) is 2.54. The summed E-state index contributed by atoms with van der Waals surface area (Å²) < 4.78 is 0. The van der Waals surface area contributed by atoms with Crippen molar-refractivity contribution >= 4 is 11.6 Å². The van der Waals surface area contributed by atoms with Crippen molar-refractivity contribution in [2.45, 2.75) is 32.6 Å². The minimum absolute atomic E-state index is 0.0462. The normalized spacial score (nSPS) is 27.8. The monoisotopic (exact) mass is 247 g/mol. The van der Waals surface area contributed by atoms with E-state index in [4.69, 9.17) is 5.73 Å². The summed E-state index contributed by atoms with van der Waals surface area (Å²) in [7, 11) is 0. The number of pyridine rings is 1. The Balaban J connectivity index is 2.06. The molecule has 0 spiro atoms. The SMILES string of the molecule is CC1CCC(CN)(C(=O)Nc2cccnc2)CC1. The van der Waals surface area contributed by atoms with Gasteiger partial charge in [-0.05, 0) is 43.7 Å². The number of nitrogens with zero attached hydrogens (tertiary/aromatic N) is 1. The van der Waals surface area contributed by atoms with Gasteiger partial charge in [0.1, 0.15) is 0 Å². The molecule has 0 unspecified atom stereocenters. The number of hydrogen-bond acceptors (Lipinski definition) is 3. The van der Waals surface area contributed by atoms with Crippen LogP contribution in [0.5, 0.6) is 0 Å². The third-order valence-electron chi connectivity index (χ3n) is 4.02. The lowest BCUT2D eigenvalue weighted by Crippen LogP contribution is -2.44. The Labute approximate surface area is 108 Å². The topological polar surface area (TPSA) is 68.0 Å². The predicted octanol–water partition coefficient (Wildman–Crippen LogP) is 2.18. The number of nitrogens with two attached hydrogens (primary N) is 1. The highest BCUT2D eigenvalue weighted by molar-refractivity contribution is 5.95. The molecular weight excluding hydrogens is 226 g/mol. The van der Waals surface area contributed by atoms with E-state index in [1.54, 1.807) is 12.4 Å². The Morgan fingerprint density at radius 2 is 2.28 bits per heavy atom. The Hall–Kier alpha value is -1.42. The molecule has 0 aromatic carbocycles. The van der Waals surface area contributed by atoms with Gasteiger partial charge in [0.2, 0.25) is 5.91 Å². The molecule has 0 radical (unpaired) electrons. The van der Waals surface area contributed by atoms with E-state index in [0.717, 1.165) is 31.4 Å². The van der Waals surface area contributed by atoms with Gasteiger partial charge in [0, 0.05) is 12.7 Å². The summed E-state index contributed by atoms with van der Waals surface area (Å²) in [6.45, 7) is 2.66. The molecule has 18 heavy (non-hydrogen) atoms. The number of aromatic nitrogens is 1. The van der Waals surface area contributed by atoms with Crippen molar-refractivity contribution in [3.63, 3.8) is 0 Å². The lowest BCUT2D eigenvalue weighted by atomic mass is 9.70. The molecule has 4 nitrogen and oxygen atoms in total. The lowest BCUT2D eigenvalue weighted by Gasteiger charge is -2.37. The van der Waals surface area contributed by atoms with Crippen LogP contribution in [0.1, 0.15) is 32.6 Å². The van der Waals surface area contributed by atoms with Gasteiger partial charge in [-0.15, -0.1) is 0 Å². The fourth-order valence-corrected chi connectivity index (χ4v) is 2.54. The summed E-state index contributed by atoms with van der Waals surface area (Å²) in [4.78, 5) is 16.4. The molecule has 98 valence electrons. The molecule has 2 rings (SSSR count). The molecule has 0 saturated heterocycles. The molecule has 1 heterocycles. The number of rotatable bonds is 3. The first-order valence-corrected chi connectivity index (χ1v) is 6.58. The highest BCUT2D eigenvalue weighted by atomic mass is 16.2. The maximum atomic E-state index is 12.4. The minimum Gasteiger partial charge on any atom is -0.329 e. The zero-order valence-electron chi connectivity index (χ0n) is 10.9. The molecule has 1 amide bonds. The van der Waals surface area contributed by atoms with E-state index in [2.05, 4.69) is 17.2 Å². The Morgan fingerprint density at radius 3 is 2.83 bits per heavy atom. The minimum atomic E-state index is -0.387. The van der Waals surface area contributed by atoms with Crippen molar-refractivity contribution in [2.75, 3.05) is 11.9 Å². The molecule has 3 N–H and O–H groups in total. The number of nitrogens with one attached hydrogen (secondary N) is 1. The highest BCUT2D eigenvalue weighted by Gasteiger charge is 2.39. The van der Waals surface area contributed by atoms with E-state index < -0.39 is 0 Å². The second kappa shape index (κ2) is 5.48. The zero-order chi connectivity index (χ0) is 13.0.